The quantitative estimate of drug-likeness (QED) is 0.827. The SMILES string of the molecule is CCOCC(=O)NCC(c1ccoc1)N1CCSCC1. The molecule has 2 heterocycles. The number of nitrogens with zero attached hydrogens (tertiary/aromatic N) is 1. The summed E-state index contributed by atoms with van der Waals surface area (Å²) in [6.45, 7) is 5.25. The molecule has 1 N–H and O–H groups in total. The number of thioether (sulfide) groups is 1. The Labute approximate surface area is 124 Å². The van der Waals surface area contributed by atoms with Gasteiger partial charge in [-0.3, -0.25) is 9.69 Å². The predicted octanol–water partition coefficient (Wildman–Crippen LogP) is 1.52. The second kappa shape index (κ2) is 8.34. The van der Waals surface area contributed by atoms with Gasteiger partial charge in [-0.25, -0.2) is 0 Å². The summed E-state index contributed by atoms with van der Waals surface area (Å²) in [4.78, 5) is 14.1. The van der Waals surface area contributed by atoms with Crippen molar-refractivity contribution < 1.29 is 13.9 Å². The highest BCUT2D eigenvalue weighted by molar-refractivity contribution is 7.99. The van der Waals surface area contributed by atoms with Crippen LogP contribution in [0.3, 0.4) is 0 Å². The van der Waals surface area contributed by atoms with Gasteiger partial charge in [0, 0.05) is 43.3 Å². The zero-order chi connectivity index (χ0) is 14.2. The van der Waals surface area contributed by atoms with E-state index in [-0.39, 0.29) is 18.6 Å². The van der Waals surface area contributed by atoms with Crippen LogP contribution >= 0.6 is 11.8 Å². The minimum atomic E-state index is -0.0632. The average molecular weight is 298 g/mol. The van der Waals surface area contributed by atoms with Crippen molar-refractivity contribution in [2.45, 2.75) is 13.0 Å². The summed E-state index contributed by atoms with van der Waals surface area (Å²) >= 11 is 1.98. The van der Waals surface area contributed by atoms with Gasteiger partial charge in [-0.15, -0.1) is 0 Å². The third-order valence-corrected chi connectivity index (χ3v) is 4.29. The number of carbonyl (C=O) groups is 1. The smallest absolute Gasteiger partial charge is 0.246 e. The summed E-state index contributed by atoms with van der Waals surface area (Å²) in [5, 5.41) is 2.95. The van der Waals surface area contributed by atoms with Crippen LogP contribution in [0.4, 0.5) is 0 Å². The highest BCUT2D eigenvalue weighted by Crippen LogP contribution is 2.24. The first-order chi connectivity index (χ1) is 9.81. The van der Waals surface area contributed by atoms with E-state index < -0.39 is 0 Å². The molecular formula is C14H22N2O3S. The van der Waals surface area contributed by atoms with E-state index in [2.05, 4.69) is 10.2 Å². The van der Waals surface area contributed by atoms with Gasteiger partial charge in [0.15, 0.2) is 0 Å². The number of rotatable bonds is 7. The minimum Gasteiger partial charge on any atom is -0.472 e. The Kier molecular flexibility index (Phi) is 6.42. The number of hydrogen-bond donors (Lipinski definition) is 1. The second-order valence-corrected chi connectivity index (χ2v) is 5.89. The van der Waals surface area contributed by atoms with Crippen LogP contribution in [-0.2, 0) is 9.53 Å². The Balaban J connectivity index is 1.91. The van der Waals surface area contributed by atoms with Crippen molar-refractivity contribution in [3.05, 3.63) is 24.2 Å². The molecule has 1 amide bonds. The summed E-state index contributed by atoms with van der Waals surface area (Å²) < 4.78 is 10.3. The van der Waals surface area contributed by atoms with E-state index in [9.17, 15) is 4.79 Å². The first-order valence-electron chi connectivity index (χ1n) is 6.99. The lowest BCUT2D eigenvalue weighted by Gasteiger charge is -2.33. The number of nitrogens with one attached hydrogen (secondary N) is 1. The number of carbonyl (C=O) groups excluding carboxylic acids is 1. The molecule has 1 saturated heterocycles. The molecule has 1 aromatic rings. The second-order valence-electron chi connectivity index (χ2n) is 4.66. The molecule has 1 aliphatic heterocycles. The molecule has 6 heteroatoms. The van der Waals surface area contributed by atoms with Crippen molar-refractivity contribution in [2.75, 3.05) is 44.4 Å². The Morgan fingerprint density at radius 2 is 2.35 bits per heavy atom. The predicted molar refractivity (Wildman–Crippen MR) is 79.8 cm³/mol. The molecule has 0 radical (unpaired) electrons. The molecule has 0 spiro atoms. The lowest BCUT2D eigenvalue weighted by molar-refractivity contribution is -0.125. The number of furan rings is 1. The fourth-order valence-corrected chi connectivity index (χ4v) is 3.20. The van der Waals surface area contributed by atoms with Crippen LogP contribution < -0.4 is 5.32 Å². The van der Waals surface area contributed by atoms with Crippen molar-refractivity contribution in [1.29, 1.82) is 0 Å². The molecule has 2 rings (SSSR count). The molecule has 0 saturated carbocycles. The molecule has 1 unspecified atom stereocenters. The Morgan fingerprint density at radius 1 is 1.55 bits per heavy atom. The van der Waals surface area contributed by atoms with Crippen LogP contribution in [0.2, 0.25) is 0 Å². The monoisotopic (exact) mass is 298 g/mol. The van der Waals surface area contributed by atoms with Crippen LogP contribution in [0.25, 0.3) is 0 Å². The van der Waals surface area contributed by atoms with Gasteiger partial charge >= 0.3 is 0 Å². The topological polar surface area (TPSA) is 54.7 Å². The van der Waals surface area contributed by atoms with Gasteiger partial charge in [0.25, 0.3) is 0 Å². The van der Waals surface area contributed by atoms with Crippen molar-refractivity contribution >= 4 is 17.7 Å². The third-order valence-electron chi connectivity index (χ3n) is 3.34. The van der Waals surface area contributed by atoms with Crippen molar-refractivity contribution in [2.24, 2.45) is 0 Å². The number of amides is 1. The summed E-state index contributed by atoms with van der Waals surface area (Å²) in [5.41, 5.74) is 1.12. The normalized spacial score (nSPS) is 17.9. The van der Waals surface area contributed by atoms with Gasteiger partial charge in [0.2, 0.25) is 5.91 Å². The third kappa shape index (κ3) is 4.54. The van der Waals surface area contributed by atoms with Crippen LogP contribution in [0.15, 0.2) is 23.0 Å². The van der Waals surface area contributed by atoms with Gasteiger partial charge in [0.05, 0.1) is 18.6 Å². The molecule has 1 atom stereocenters. The fourth-order valence-electron chi connectivity index (χ4n) is 2.27. The fraction of sp³-hybridized carbons (Fsp3) is 0.643. The zero-order valence-corrected chi connectivity index (χ0v) is 12.7. The maximum Gasteiger partial charge on any atom is 0.246 e. The molecule has 20 heavy (non-hydrogen) atoms. The van der Waals surface area contributed by atoms with Crippen molar-refractivity contribution in [1.82, 2.24) is 10.2 Å². The molecule has 1 aromatic heterocycles. The van der Waals surface area contributed by atoms with Gasteiger partial charge in [0.1, 0.15) is 6.61 Å². The molecule has 0 aromatic carbocycles. The minimum absolute atomic E-state index is 0.0632. The van der Waals surface area contributed by atoms with Crippen LogP contribution in [-0.4, -0.2) is 55.2 Å². The van der Waals surface area contributed by atoms with E-state index >= 15 is 0 Å². The molecule has 1 fully saturated rings. The maximum absolute atomic E-state index is 11.7. The van der Waals surface area contributed by atoms with Gasteiger partial charge in [-0.1, -0.05) is 0 Å². The first-order valence-corrected chi connectivity index (χ1v) is 8.15. The lowest BCUT2D eigenvalue weighted by atomic mass is 10.1. The lowest BCUT2D eigenvalue weighted by Crippen LogP contribution is -2.42. The standard InChI is InChI=1S/C14H22N2O3S/c1-2-18-11-14(17)15-9-13(12-3-6-19-10-12)16-4-7-20-8-5-16/h3,6,10,13H,2,4-5,7-9,11H2,1H3,(H,15,17). The Morgan fingerprint density at radius 3 is 3.00 bits per heavy atom. The Bertz CT molecular complexity index is 391. The van der Waals surface area contributed by atoms with E-state index in [1.54, 1.807) is 12.5 Å². The summed E-state index contributed by atoms with van der Waals surface area (Å²) in [5.74, 6) is 2.22. The summed E-state index contributed by atoms with van der Waals surface area (Å²) in [6, 6.07) is 2.15. The van der Waals surface area contributed by atoms with Gasteiger partial charge < -0.3 is 14.5 Å². The van der Waals surface area contributed by atoms with Crippen LogP contribution in [0.1, 0.15) is 18.5 Å². The molecule has 112 valence electrons. The van der Waals surface area contributed by atoms with E-state index in [1.807, 2.05) is 24.8 Å². The summed E-state index contributed by atoms with van der Waals surface area (Å²) in [7, 11) is 0. The first kappa shape index (κ1) is 15.4. The van der Waals surface area contributed by atoms with Crippen molar-refractivity contribution in [3.63, 3.8) is 0 Å². The van der Waals surface area contributed by atoms with E-state index in [4.69, 9.17) is 9.15 Å². The Hall–Kier alpha value is -0.980. The molecule has 0 aliphatic carbocycles. The van der Waals surface area contributed by atoms with E-state index in [0.29, 0.717) is 13.2 Å². The van der Waals surface area contributed by atoms with Crippen molar-refractivity contribution in [3.8, 4) is 0 Å². The van der Waals surface area contributed by atoms with E-state index in [0.717, 1.165) is 30.2 Å². The molecule has 5 nitrogen and oxygen atoms in total. The molecular weight excluding hydrogens is 276 g/mol. The van der Waals surface area contributed by atoms with Gasteiger partial charge in [-0.05, 0) is 13.0 Å². The highest BCUT2D eigenvalue weighted by atomic mass is 32.2. The summed E-state index contributed by atoms with van der Waals surface area (Å²) in [6.07, 6.45) is 3.45. The van der Waals surface area contributed by atoms with Gasteiger partial charge in [-0.2, -0.15) is 11.8 Å². The number of ether oxygens (including phenoxy) is 1. The van der Waals surface area contributed by atoms with Crippen LogP contribution in [0.5, 0.6) is 0 Å². The zero-order valence-electron chi connectivity index (χ0n) is 11.8. The maximum atomic E-state index is 11.7. The number of hydrogen-bond acceptors (Lipinski definition) is 5. The van der Waals surface area contributed by atoms with Crippen LogP contribution in [0, 0.1) is 0 Å². The average Bonchev–Trinajstić information content (AvgIpc) is 3.00. The van der Waals surface area contributed by atoms with E-state index in [1.165, 1.54) is 0 Å². The highest BCUT2D eigenvalue weighted by Gasteiger charge is 2.23. The molecule has 0 bridgehead atoms. The molecule has 1 aliphatic rings. The largest absolute Gasteiger partial charge is 0.472 e.